The van der Waals surface area contributed by atoms with Gasteiger partial charge in [0.15, 0.2) is 5.82 Å². The van der Waals surface area contributed by atoms with Crippen molar-refractivity contribution in [3.05, 3.63) is 94.3 Å². The smallest absolute Gasteiger partial charge is 0.255 e. The van der Waals surface area contributed by atoms with Crippen molar-refractivity contribution in [3.63, 3.8) is 0 Å². The molecule has 5 amide bonds. The molecule has 0 saturated heterocycles. The first-order valence-corrected chi connectivity index (χ1v) is 21.2. The molecular formula is C47H58N10O8. The number of aromatic hydroxyl groups is 1. The van der Waals surface area contributed by atoms with Gasteiger partial charge in [-0.05, 0) is 80.1 Å². The van der Waals surface area contributed by atoms with E-state index in [-0.39, 0.29) is 78.3 Å². The summed E-state index contributed by atoms with van der Waals surface area (Å²) < 4.78 is 5.94. The van der Waals surface area contributed by atoms with Crippen LogP contribution in [0.2, 0.25) is 0 Å². The first kappa shape index (κ1) is 49.1. The van der Waals surface area contributed by atoms with Crippen LogP contribution in [-0.2, 0) is 31.0 Å². The molecule has 10 N–H and O–H groups in total. The van der Waals surface area contributed by atoms with Gasteiger partial charge in [-0.3, -0.25) is 24.0 Å². The van der Waals surface area contributed by atoms with E-state index >= 15 is 0 Å². The molecule has 2 heterocycles. The van der Waals surface area contributed by atoms with Gasteiger partial charge in [0.05, 0.1) is 23.0 Å². The number of fused-ring (bicyclic) bond motifs is 5. The zero-order chi connectivity index (χ0) is 47.7. The van der Waals surface area contributed by atoms with E-state index in [4.69, 9.17) is 21.5 Å². The molecule has 5 rings (SSSR count). The lowest BCUT2D eigenvalue weighted by atomic mass is 9.86. The number of aliphatic hydroxyl groups is 1. The number of benzene rings is 3. The van der Waals surface area contributed by atoms with Crippen molar-refractivity contribution in [2.45, 2.75) is 90.1 Å². The molecule has 0 spiro atoms. The molecule has 0 aliphatic carbocycles. The van der Waals surface area contributed by atoms with Crippen LogP contribution in [-0.4, -0.2) is 112 Å². The SMILES string of the molecule is Cc1nc(-c2ccc(C(C)(C)C)cc2)nc(C)c1C(=O)NC(CCN)C(=O)N(C)[C@@H]1C(=O)N[C@@H](C)C(=O)N[C@H](C(=O)NCC#N)Cc2ccc(OCC(O)CN)c(c2)-c2cc1ccc2O. The van der Waals surface area contributed by atoms with Crippen LogP contribution in [0.5, 0.6) is 11.5 Å². The summed E-state index contributed by atoms with van der Waals surface area (Å²) in [6.07, 6.45) is -1.13. The summed E-state index contributed by atoms with van der Waals surface area (Å²) in [4.78, 5) is 80.4. The lowest BCUT2D eigenvalue weighted by Gasteiger charge is -2.32. The number of phenolic OH excluding ortho intramolecular Hbond substituents is 1. The quantitative estimate of drug-likeness (QED) is 0.0893. The normalized spacial score (nSPS) is 17.3. The molecule has 0 radical (unpaired) electrons. The predicted molar refractivity (Wildman–Crippen MR) is 242 cm³/mol. The van der Waals surface area contributed by atoms with Crippen LogP contribution >= 0.6 is 0 Å². The molecule has 5 atom stereocenters. The number of hydrogen-bond donors (Lipinski definition) is 8. The average molecular weight is 891 g/mol. The highest BCUT2D eigenvalue weighted by molar-refractivity contribution is 6.00. The summed E-state index contributed by atoms with van der Waals surface area (Å²) in [6, 6.07) is 13.6. The van der Waals surface area contributed by atoms with E-state index in [0.29, 0.717) is 22.8 Å². The van der Waals surface area contributed by atoms with Crippen molar-refractivity contribution >= 4 is 29.5 Å². The maximum Gasteiger partial charge on any atom is 0.255 e. The number of carbonyl (C=O) groups excluding carboxylic acids is 5. The molecule has 3 aromatic carbocycles. The molecule has 18 heteroatoms. The summed E-state index contributed by atoms with van der Waals surface area (Å²) in [5.41, 5.74) is 15.5. The van der Waals surface area contributed by atoms with Crippen LogP contribution < -0.4 is 37.5 Å². The van der Waals surface area contributed by atoms with Crippen LogP contribution in [0.1, 0.15) is 78.6 Å². The largest absolute Gasteiger partial charge is 0.507 e. The monoisotopic (exact) mass is 890 g/mol. The van der Waals surface area contributed by atoms with E-state index in [1.807, 2.05) is 30.3 Å². The molecule has 18 nitrogen and oxygen atoms in total. The Hall–Kier alpha value is -6.94. The molecule has 4 bridgehead atoms. The number of hydrogen-bond acceptors (Lipinski definition) is 13. The summed E-state index contributed by atoms with van der Waals surface area (Å²) >= 11 is 0. The Morgan fingerprint density at radius 1 is 0.985 bits per heavy atom. The summed E-state index contributed by atoms with van der Waals surface area (Å²) in [5.74, 6) is -3.19. The molecule has 1 aromatic heterocycles. The van der Waals surface area contributed by atoms with Gasteiger partial charge in [0.1, 0.15) is 54.9 Å². The molecule has 4 aromatic rings. The van der Waals surface area contributed by atoms with Crippen LogP contribution in [0.15, 0.2) is 60.7 Å². The first-order valence-electron chi connectivity index (χ1n) is 21.2. The van der Waals surface area contributed by atoms with Gasteiger partial charge in [-0.2, -0.15) is 5.26 Å². The van der Waals surface area contributed by atoms with Gasteiger partial charge in [-0.25, -0.2) is 9.97 Å². The second kappa shape index (κ2) is 21.2. The Morgan fingerprint density at radius 3 is 2.28 bits per heavy atom. The maximum absolute atomic E-state index is 14.6. The van der Waals surface area contributed by atoms with Gasteiger partial charge in [0.25, 0.3) is 5.91 Å². The summed E-state index contributed by atoms with van der Waals surface area (Å²) in [6.45, 7) is 10.4. The van der Waals surface area contributed by atoms with E-state index in [1.165, 1.54) is 32.2 Å². The number of aryl methyl sites for hydroxylation is 2. The fourth-order valence-corrected chi connectivity index (χ4v) is 7.46. The van der Waals surface area contributed by atoms with Crippen molar-refractivity contribution in [2.24, 2.45) is 11.5 Å². The molecule has 1 aliphatic heterocycles. The molecule has 0 fully saturated rings. The minimum atomic E-state index is -1.48. The van der Waals surface area contributed by atoms with Gasteiger partial charge in [-0.15, -0.1) is 0 Å². The van der Waals surface area contributed by atoms with Gasteiger partial charge in [0.2, 0.25) is 23.6 Å². The highest BCUT2D eigenvalue weighted by atomic mass is 16.5. The highest BCUT2D eigenvalue weighted by Crippen LogP contribution is 2.39. The summed E-state index contributed by atoms with van der Waals surface area (Å²) in [7, 11) is 1.36. The van der Waals surface area contributed by atoms with Crippen molar-refractivity contribution in [2.75, 3.05) is 33.3 Å². The molecule has 65 heavy (non-hydrogen) atoms. The average Bonchev–Trinajstić information content (AvgIpc) is 3.26. The van der Waals surface area contributed by atoms with Crippen LogP contribution in [0, 0.1) is 25.2 Å². The zero-order valence-electron chi connectivity index (χ0n) is 37.7. The Morgan fingerprint density at radius 2 is 1.66 bits per heavy atom. The van der Waals surface area contributed by atoms with E-state index < -0.39 is 59.8 Å². The van der Waals surface area contributed by atoms with Gasteiger partial charge in [0, 0.05) is 36.7 Å². The number of nitrogens with two attached hydrogens (primary N) is 2. The Labute approximate surface area is 378 Å². The fourth-order valence-electron chi connectivity index (χ4n) is 7.46. The molecule has 1 aliphatic rings. The van der Waals surface area contributed by atoms with E-state index in [2.05, 4.69) is 52.0 Å². The fraction of sp³-hybridized carbons (Fsp3) is 0.404. The number of ether oxygens (including phenoxy) is 1. The Kier molecular flexibility index (Phi) is 16.0. The lowest BCUT2D eigenvalue weighted by Crippen LogP contribution is -2.56. The number of aliphatic hydroxyl groups excluding tert-OH is 1. The first-order chi connectivity index (χ1) is 30.8. The third kappa shape index (κ3) is 11.8. The lowest BCUT2D eigenvalue weighted by molar-refractivity contribution is -0.141. The van der Waals surface area contributed by atoms with Crippen LogP contribution in [0.25, 0.3) is 22.5 Å². The van der Waals surface area contributed by atoms with Crippen molar-refractivity contribution in [3.8, 4) is 40.1 Å². The van der Waals surface area contributed by atoms with Crippen LogP contribution in [0.4, 0.5) is 0 Å². The van der Waals surface area contributed by atoms with E-state index in [1.54, 1.807) is 32.0 Å². The number of phenols is 1. The number of aromatic nitrogens is 2. The number of nitriles is 1. The number of amides is 5. The number of nitrogens with zero attached hydrogens (tertiary/aromatic N) is 4. The van der Waals surface area contributed by atoms with Crippen molar-refractivity contribution < 1.29 is 38.9 Å². The van der Waals surface area contributed by atoms with Crippen molar-refractivity contribution in [1.29, 1.82) is 5.26 Å². The molecular weight excluding hydrogens is 833 g/mol. The zero-order valence-corrected chi connectivity index (χ0v) is 37.7. The van der Waals surface area contributed by atoms with E-state index in [0.717, 1.165) is 16.0 Å². The number of carbonyl (C=O) groups is 5. The molecule has 2 unspecified atom stereocenters. The number of rotatable bonds is 13. The standard InChI is InChI=1S/C47H58N10O8/c1-25-39(26(2)53-41(52-25)29-9-12-31(13-10-29)47(4,5)6)44(62)55-35(16-17-48)46(64)57(7)40-30-11-14-37(59)33(22-30)34-20-28(8-15-38(34)65-24-32(58)23-50)21-36(43(61)51-19-18-49)56-42(60)27(3)54-45(40)63/h8-15,20,22,27,32,35-36,40,58-59H,16-17,19,21,23-24,48,50H2,1-7H3,(H,51,61)(H,54,63)(H,55,62)(H,56,60)/t27-,32?,35?,36-,40-/m0/s1. The third-order valence-corrected chi connectivity index (χ3v) is 11.1. The third-order valence-electron chi connectivity index (χ3n) is 11.1. The molecule has 0 saturated carbocycles. The number of likely N-dealkylation sites (N-methyl/N-ethyl adjacent to an activating group) is 1. The Bertz CT molecular complexity index is 2440. The van der Waals surface area contributed by atoms with Gasteiger partial charge >= 0.3 is 0 Å². The van der Waals surface area contributed by atoms with Gasteiger partial charge < -0.3 is 52.6 Å². The second-order valence-electron chi connectivity index (χ2n) is 17.1. The Balaban J connectivity index is 1.54. The highest BCUT2D eigenvalue weighted by Gasteiger charge is 2.36. The molecule has 344 valence electrons. The maximum atomic E-state index is 14.6. The number of nitrogens with one attached hydrogen (secondary N) is 4. The minimum Gasteiger partial charge on any atom is -0.507 e. The minimum absolute atomic E-state index is 0.0268. The topological polar surface area (TPSA) is 288 Å². The van der Waals surface area contributed by atoms with Crippen molar-refractivity contribution in [1.82, 2.24) is 36.1 Å². The summed E-state index contributed by atoms with van der Waals surface area (Å²) in [5, 5.41) is 41.3. The predicted octanol–water partition coefficient (Wildman–Crippen LogP) is 1.96. The van der Waals surface area contributed by atoms with Gasteiger partial charge in [-0.1, -0.05) is 57.2 Å². The van der Waals surface area contributed by atoms with E-state index in [9.17, 15) is 34.2 Å². The van der Waals surface area contributed by atoms with Crippen LogP contribution in [0.3, 0.4) is 0 Å². The second-order valence-corrected chi connectivity index (χ2v) is 17.1.